The fourth-order valence-corrected chi connectivity index (χ4v) is 1.53. The van der Waals surface area contributed by atoms with Crippen molar-refractivity contribution in [3.63, 3.8) is 0 Å². The van der Waals surface area contributed by atoms with Gasteiger partial charge in [-0.2, -0.15) is 5.10 Å². The van der Waals surface area contributed by atoms with Crippen molar-refractivity contribution in [1.82, 2.24) is 10.2 Å². The van der Waals surface area contributed by atoms with Crippen LogP contribution in [0.2, 0.25) is 0 Å². The van der Waals surface area contributed by atoms with Gasteiger partial charge in [0.05, 0.1) is 5.69 Å². The van der Waals surface area contributed by atoms with E-state index < -0.39 is 0 Å². The van der Waals surface area contributed by atoms with E-state index in [1.54, 1.807) is 0 Å². The van der Waals surface area contributed by atoms with Crippen LogP contribution in [0.1, 0.15) is 26.5 Å². The van der Waals surface area contributed by atoms with Gasteiger partial charge in [-0.25, -0.2) is 0 Å². The molecular weight excluding hydrogens is 200 g/mol. The molecule has 0 amide bonds. The van der Waals surface area contributed by atoms with Crippen molar-refractivity contribution in [2.45, 2.75) is 27.2 Å². The molecule has 0 radical (unpaired) electrons. The van der Waals surface area contributed by atoms with Crippen molar-refractivity contribution in [1.29, 1.82) is 0 Å². The summed E-state index contributed by atoms with van der Waals surface area (Å²) in [4.78, 5) is 2.10. The molecule has 0 unspecified atom stereocenters. The minimum Gasteiger partial charge on any atom is -0.358 e. The molecule has 90 valence electrons. The van der Waals surface area contributed by atoms with Gasteiger partial charge in [0.15, 0.2) is 5.82 Å². The summed E-state index contributed by atoms with van der Waals surface area (Å²) in [6.07, 6.45) is 0.922. The first-order valence-corrected chi connectivity index (χ1v) is 5.72. The highest BCUT2D eigenvalue weighted by Gasteiger charge is 2.18. The normalized spacial score (nSPS) is 11.6. The van der Waals surface area contributed by atoms with Crippen LogP contribution >= 0.6 is 0 Å². The minimum atomic E-state index is 0.0971. The zero-order valence-electron chi connectivity index (χ0n) is 10.7. The second-order valence-electron chi connectivity index (χ2n) is 4.96. The summed E-state index contributed by atoms with van der Waals surface area (Å²) in [5.41, 5.74) is 6.84. The predicted octanol–water partition coefficient (Wildman–Crippen LogP) is 1.46. The Hall–Kier alpha value is -1.16. The van der Waals surface area contributed by atoms with Gasteiger partial charge >= 0.3 is 0 Å². The maximum atomic E-state index is 5.72. The number of aromatic nitrogens is 2. The van der Waals surface area contributed by atoms with Gasteiger partial charge in [-0.15, -0.1) is 5.10 Å². The quantitative estimate of drug-likeness (QED) is 0.819. The average molecular weight is 222 g/mol. The topological polar surface area (TPSA) is 55.0 Å². The minimum absolute atomic E-state index is 0.0971. The molecule has 1 aromatic rings. The molecule has 0 saturated carbocycles. The first-order chi connectivity index (χ1) is 7.48. The standard InChI is InChI=1S/C12H22N4/c1-5-10-6-7-11(15-14-10)16(4)9-12(2,3)8-13/h6-7H,5,8-9,13H2,1-4H3. The summed E-state index contributed by atoms with van der Waals surface area (Å²) >= 11 is 0. The summed E-state index contributed by atoms with van der Waals surface area (Å²) in [6, 6.07) is 4.03. The van der Waals surface area contributed by atoms with Gasteiger partial charge in [-0.05, 0) is 30.5 Å². The Balaban J connectivity index is 2.69. The number of nitrogens with two attached hydrogens (primary N) is 1. The maximum absolute atomic E-state index is 5.72. The Morgan fingerprint density at radius 3 is 2.44 bits per heavy atom. The monoisotopic (exact) mass is 222 g/mol. The number of nitrogens with zero attached hydrogens (tertiary/aromatic N) is 3. The van der Waals surface area contributed by atoms with E-state index >= 15 is 0 Å². The second kappa shape index (κ2) is 5.25. The zero-order valence-corrected chi connectivity index (χ0v) is 10.7. The number of rotatable bonds is 5. The molecule has 2 N–H and O–H groups in total. The molecule has 1 rings (SSSR count). The fourth-order valence-electron chi connectivity index (χ4n) is 1.53. The number of hydrogen-bond acceptors (Lipinski definition) is 4. The average Bonchev–Trinajstić information content (AvgIpc) is 2.28. The number of anilines is 1. The van der Waals surface area contributed by atoms with Crippen molar-refractivity contribution in [3.05, 3.63) is 17.8 Å². The van der Waals surface area contributed by atoms with Gasteiger partial charge in [0.25, 0.3) is 0 Å². The predicted molar refractivity (Wildman–Crippen MR) is 67.5 cm³/mol. The number of aryl methyl sites for hydroxylation is 1. The Kier molecular flexibility index (Phi) is 4.24. The lowest BCUT2D eigenvalue weighted by Gasteiger charge is -2.29. The first kappa shape index (κ1) is 12.9. The third-order valence-corrected chi connectivity index (χ3v) is 2.68. The molecule has 4 heteroatoms. The second-order valence-corrected chi connectivity index (χ2v) is 4.96. The van der Waals surface area contributed by atoms with Crippen LogP contribution in [-0.4, -0.2) is 30.3 Å². The molecule has 0 saturated heterocycles. The Bertz CT molecular complexity index is 318. The summed E-state index contributed by atoms with van der Waals surface area (Å²) in [5.74, 6) is 0.902. The van der Waals surface area contributed by atoms with Gasteiger partial charge < -0.3 is 10.6 Å². The first-order valence-electron chi connectivity index (χ1n) is 5.72. The van der Waals surface area contributed by atoms with E-state index in [-0.39, 0.29) is 5.41 Å². The third kappa shape index (κ3) is 3.45. The molecule has 0 aliphatic rings. The Labute approximate surface area is 97.9 Å². The molecule has 1 aromatic heterocycles. The molecule has 0 aliphatic carbocycles. The molecule has 4 nitrogen and oxygen atoms in total. The van der Waals surface area contributed by atoms with Gasteiger partial charge in [-0.3, -0.25) is 0 Å². The highest BCUT2D eigenvalue weighted by Crippen LogP contribution is 2.17. The third-order valence-electron chi connectivity index (χ3n) is 2.68. The van der Waals surface area contributed by atoms with Crippen LogP contribution in [0.5, 0.6) is 0 Å². The maximum Gasteiger partial charge on any atom is 0.151 e. The SMILES string of the molecule is CCc1ccc(N(C)CC(C)(C)CN)nn1. The molecule has 0 atom stereocenters. The number of hydrogen-bond donors (Lipinski definition) is 1. The summed E-state index contributed by atoms with van der Waals surface area (Å²) < 4.78 is 0. The van der Waals surface area contributed by atoms with Crippen molar-refractivity contribution >= 4 is 5.82 Å². The molecule has 1 heterocycles. The lowest BCUT2D eigenvalue weighted by molar-refractivity contribution is 0.384. The molecule has 0 bridgehead atoms. The van der Waals surface area contributed by atoms with Gasteiger partial charge in [0.2, 0.25) is 0 Å². The molecule has 0 fully saturated rings. The largest absolute Gasteiger partial charge is 0.358 e. The van der Waals surface area contributed by atoms with Crippen LogP contribution < -0.4 is 10.6 Å². The van der Waals surface area contributed by atoms with Crippen molar-refractivity contribution < 1.29 is 0 Å². The molecule has 0 aliphatic heterocycles. The van der Waals surface area contributed by atoms with Crippen molar-refractivity contribution in [3.8, 4) is 0 Å². The summed E-state index contributed by atoms with van der Waals surface area (Å²) in [6.45, 7) is 7.92. The van der Waals surface area contributed by atoms with Crippen molar-refractivity contribution in [2.24, 2.45) is 11.1 Å². The molecule has 0 spiro atoms. The van der Waals surface area contributed by atoms with Crippen LogP contribution in [0.15, 0.2) is 12.1 Å². The highest BCUT2D eigenvalue weighted by molar-refractivity contribution is 5.36. The van der Waals surface area contributed by atoms with E-state index in [0.29, 0.717) is 6.54 Å². The molecular formula is C12H22N4. The van der Waals surface area contributed by atoms with Crippen LogP contribution in [0.25, 0.3) is 0 Å². The van der Waals surface area contributed by atoms with E-state index in [0.717, 1.165) is 24.5 Å². The Morgan fingerprint density at radius 1 is 1.31 bits per heavy atom. The fraction of sp³-hybridized carbons (Fsp3) is 0.667. The van der Waals surface area contributed by atoms with E-state index in [4.69, 9.17) is 5.73 Å². The van der Waals surface area contributed by atoms with E-state index in [9.17, 15) is 0 Å². The van der Waals surface area contributed by atoms with Gasteiger partial charge in [0, 0.05) is 13.6 Å². The Morgan fingerprint density at radius 2 is 2.00 bits per heavy atom. The smallest absolute Gasteiger partial charge is 0.151 e. The summed E-state index contributed by atoms with van der Waals surface area (Å²) in [5, 5.41) is 8.35. The van der Waals surface area contributed by atoms with Crippen molar-refractivity contribution in [2.75, 3.05) is 25.0 Å². The summed E-state index contributed by atoms with van der Waals surface area (Å²) in [7, 11) is 2.02. The van der Waals surface area contributed by atoms with E-state index in [1.165, 1.54) is 0 Å². The lowest BCUT2D eigenvalue weighted by Crippen LogP contribution is -2.37. The van der Waals surface area contributed by atoms with E-state index in [1.807, 2.05) is 19.2 Å². The van der Waals surface area contributed by atoms with Crippen LogP contribution in [-0.2, 0) is 6.42 Å². The highest BCUT2D eigenvalue weighted by atomic mass is 15.2. The van der Waals surface area contributed by atoms with Crippen LogP contribution in [0.4, 0.5) is 5.82 Å². The lowest BCUT2D eigenvalue weighted by atomic mass is 9.93. The van der Waals surface area contributed by atoms with Crippen LogP contribution in [0, 0.1) is 5.41 Å². The van der Waals surface area contributed by atoms with Crippen LogP contribution in [0.3, 0.4) is 0 Å². The van der Waals surface area contributed by atoms with Gasteiger partial charge in [-0.1, -0.05) is 20.8 Å². The van der Waals surface area contributed by atoms with E-state index in [2.05, 4.69) is 35.9 Å². The molecule has 0 aromatic carbocycles. The molecule has 16 heavy (non-hydrogen) atoms. The zero-order chi connectivity index (χ0) is 12.2. The van der Waals surface area contributed by atoms with Gasteiger partial charge in [0.1, 0.15) is 0 Å².